The smallest absolute Gasteiger partial charge is 0.279 e. The average molecular weight is 412 g/mol. The molecule has 3 rings (SSSR count). The van der Waals surface area contributed by atoms with E-state index < -0.39 is 0 Å². The van der Waals surface area contributed by atoms with Gasteiger partial charge >= 0.3 is 0 Å². The number of aromatic hydroxyl groups is 1. The minimum atomic E-state index is -0.0458. The van der Waals surface area contributed by atoms with Crippen LogP contribution in [-0.4, -0.2) is 67.6 Å². The van der Waals surface area contributed by atoms with Crippen molar-refractivity contribution in [2.75, 3.05) is 56.0 Å². The van der Waals surface area contributed by atoms with Gasteiger partial charge in [0.15, 0.2) is 6.54 Å². The fraction of sp³-hybridized carbons (Fsp3) is 0.391. The fourth-order valence-corrected chi connectivity index (χ4v) is 3.78. The third-order valence-electron chi connectivity index (χ3n) is 5.54. The number of quaternary nitrogens is 1. The largest absolute Gasteiger partial charge is 0.508 e. The Hall–Kier alpha value is -3.06. The first-order valence-corrected chi connectivity index (χ1v) is 10.6. The SMILES string of the molecule is CCN(CC)C(=O)c1cccc(NC(=O)C[NH+]2CCN(c3ccc(O)cc3)CC2)c1. The quantitative estimate of drug-likeness (QED) is 0.640. The Morgan fingerprint density at radius 3 is 2.37 bits per heavy atom. The lowest BCUT2D eigenvalue weighted by molar-refractivity contribution is -0.892. The number of phenols is 1. The molecule has 30 heavy (non-hydrogen) atoms. The van der Waals surface area contributed by atoms with Crippen molar-refractivity contribution in [2.45, 2.75) is 13.8 Å². The van der Waals surface area contributed by atoms with E-state index in [0.29, 0.717) is 30.9 Å². The summed E-state index contributed by atoms with van der Waals surface area (Å²) in [6, 6.07) is 14.4. The molecule has 0 saturated carbocycles. The molecule has 1 fully saturated rings. The molecule has 0 unspecified atom stereocenters. The Balaban J connectivity index is 1.51. The van der Waals surface area contributed by atoms with Crippen LogP contribution in [0.4, 0.5) is 11.4 Å². The van der Waals surface area contributed by atoms with Crippen molar-refractivity contribution >= 4 is 23.2 Å². The first kappa shape index (κ1) is 21.6. The molecule has 1 saturated heterocycles. The second-order valence-electron chi connectivity index (χ2n) is 7.54. The summed E-state index contributed by atoms with van der Waals surface area (Å²) in [5.74, 6) is 0.199. The third-order valence-corrected chi connectivity index (χ3v) is 5.54. The molecule has 0 aromatic heterocycles. The molecule has 2 aromatic carbocycles. The van der Waals surface area contributed by atoms with Gasteiger partial charge in [0.1, 0.15) is 5.75 Å². The maximum Gasteiger partial charge on any atom is 0.279 e. The molecule has 1 aliphatic heterocycles. The molecule has 7 nitrogen and oxygen atoms in total. The molecule has 160 valence electrons. The molecule has 7 heteroatoms. The van der Waals surface area contributed by atoms with Gasteiger partial charge in [0.25, 0.3) is 11.8 Å². The van der Waals surface area contributed by atoms with E-state index in [1.54, 1.807) is 35.2 Å². The highest BCUT2D eigenvalue weighted by molar-refractivity contribution is 5.97. The monoisotopic (exact) mass is 411 g/mol. The van der Waals surface area contributed by atoms with Gasteiger partial charge in [-0.2, -0.15) is 0 Å². The Morgan fingerprint density at radius 2 is 1.73 bits per heavy atom. The van der Waals surface area contributed by atoms with Gasteiger partial charge in [-0.3, -0.25) is 9.59 Å². The highest BCUT2D eigenvalue weighted by Crippen LogP contribution is 2.18. The number of carbonyl (C=O) groups excluding carboxylic acids is 2. The number of carbonyl (C=O) groups is 2. The number of nitrogens with zero attached hydrogens (tertiary/aromatic N) is 2. The predicted octanol–water partition coefficient (Wildman–Crippen LogP) is 1.22. The van der Waals surface area contributed by atoms with E-state index in [-0.39, 0.29) is 17.6 Å². The van der Waals surface area contributed by atoms with E-state index in [0.717, 1.165) is 31.9 Å². The number of hydrogen-bond donors (Lipinski definition) is 3. The molecule has 0 bridgehead atoms. The van der Waals surface area contributed by atoms with Gasteiger partial charge in [-0.05, 0) is 56.3 Å². The van der Waals surface area contributed by atoms with Gasteiger partial charge < -0.3 is 25.1 Å². The first-order chi connectivity index (χ1) is 14.5. The highest BCUT2D eigenvalue weighted by atomic mass is 16.3. The number of amides is 2. The topological polar surface area (TPSA) is 77.3 Å². The molecule has 0 spiro atoms. The number of anilines is 2. The summed E-state index contributed by atoms with van der Waals surface area (Å²) in [7, 11) is 0. The maximum atomic E-state index is 12.5. The van der Waals surface area contributed by atoms with Crippen LogP contribution >= 0.6 is 0 Å². The zero-order chi connectivity index (χ0) is 21.5. The van der Waals surface area contributed by atoms with E-state index in [4.69, 9.17) is 0 Å². The van der Waals surface area contributed by atoms with E-state index in [2.05, 4.69) is 10.2 Å². The second kappa shape index (κ2) is 10.1. The number of benzene rings is 2. The number of rotatable bonds is 7. The van der Waals surface area contributed by atoms with Crippen molar-refractivity contribution in [1.29, 1.82) is 0 Å². The van der Waals surface area contributed by atoms with Crippen LogP contribution < -0.4 is 15.1 Å². The van der Waals surface area contributed by atoms with Crippen LogP contribution in [-0.2, 0) is 4.79 Å². The van der Waals surface area contributed by atoms with Gasteiger partial charge in [0.2, 0.25) is 0 Å². The molecular formula is C23H31N4O3+. The standard InChI is InChI=1S/C23H30N4O3/c1-3-26(4-2)23(30)18-6-5-7-19(16-18)24-22(29)17-25-12-14-27(15-13-25)20-8-10-21(28)11-9-20/h5-11,16,28H,3-4,12-15,17H2,1-2H3,(H,24,29)/p+1. The number of hydrogen-bond acceptors (Lipinski definition) is 4. The second-order valence-corrected chi connectivity index (χ2v) is 7.54. The molecule has 1 heterocycles. The van der Waals surface area contributed by atoms with Gasteiger partial charge in [-0.25, -0.2) is 0 Å². The Labute approximate surface area is 177 Å². The summed E-state index contributed by atoms with van der Waals surface area (Å²) in [5.41, 5.74) is 2.33. The Morgan fingerprint density at radius 1 is 1.07 bits per heavy atom. The van der Waals surface area contributed by atoms with Gasteiger partial charge in [0.05, 0.1) is 26.2 Å². The van der Waals surface area contributed by atoms with Crippen LogP contribution in [0.1, 0.15) is 24.2 Å². The summed E-state index contributed by atoms with van der Waals surface area (Å²) >= 11 is 0. The van der Waals surface area contributed by atoms with Crippen molar-refractivity contribution in [1.82, 2.24) is 4.90 Å². The molecule has 0 aliphatic carbocycles. The van der Waals surface area contributed by atoms with Gasteiger partial charge in [0, 0.05) is 30.0 Å². The normalized spacial score (nSPS) is 14.4. The highest BCUT2D eigenvalue weighted by Gasteiger charge is 2.22. The van der Waals surface area contributed by atoms with Crippen molar-refractivity contribution in [3.05, 3.63) is 54.1 Å². The van der Waals surface area contributed by atoms with Crippen molar-refractivity contribution in [3.8, 4) is 5.75 Å². The zero-order valence-electron chi connectivity index (χ0n) is 17.7. The van der Waals surface area contributed by atoms with Crippen LogP contribution in [0, 0.1) is 0 Å². The van der Waals surface area contributed by atoms with Crippen molar-refractivity contribution in [2.24, 2.45) is 0 Å². The summed E-state index contributed by atoms with van der Waals surface area (Å²) in [6.07, 6.45) is 0. The maximum absolute atomic E-state index is 12.5. The minimum Gasteiger partial charge on any atom is -0.508 e. The molecule has 2 amide bonds. The molecule has 2 aromatic rings. The Bertz CT molecular complexity index is 857. The van der Waals surface area contributed by atoms with E-state index in [1.165, 1.54) is 4.90 Å². The van der Waals surface area contributed by atoms with Gasteiger partial charge in [-0.15, -0.1) is 0 Å². The lowest BCUT2D eigenvalue weighted by Crippen LogP contribution is -3.15. The minimum absolute atomic E-state index is 0.0212. The number of phenolic OH excluding ortho intramolecular Hbond substituents is 1. The average Bonchev–Trinajstić information content (AvgIpc) is 2.76. The molecular weight excluding hydrogens is 380 g/mol. The van der Waals surface area contributed by atoms with Crippen LogP contribution in [0.5, 0.6) is 5.75 Å². The summed E-state index contributed by atoms with van der Waals surface area (Å²) in [6.45, 7) is 9.09. The van der Waals surface area contributed by atoms with E-state index in [9.17, 15) is 14.7 Å². The molecule has 3 N–H and O–H groups in total. The molecule has 1 aliphatic rings. The number of nitrogens with one attached hydrogen (secondary N) is 2. The summed E-state index contributed by atoms with van der Waals surface area (Å²) < 4.78 is 0. The van der Waals surface area contributed by atoms with E-state index in [1.807, 2.05) is 32.0 Å². The zero-order valence-corrected chi connectivity index (χ0v) is 17.7. The molecule has 0 radical (unpaired) electrons. The fourth-order valence-electron chi connectivity index (χ4n) is 3.78. The number of piperazine rings is 1. The van der Waals surface area contributed by atoms with Crippen LogP contribution in [0.15, 0.2) is 48.5 Å². The third kappa shape index (κ3) is 5.51. The Kier molecular flexibility index (Phi) is 7.30. The lowest BCUT2D eigenvalue weighted by atomic mass is 10.1. The van der Waals surface area contributed by atoms with Crippen molar-refractivity contribution in [3.63, 3.8) is 0 Å². The van der Waals surface area contributed by atoms with Gasteiger partial charge in [-0.1, -0.05) is 6.07 Å². The molecule has 0 atom stereocenters. The first-order valence-electron chi connectivity index (χ1n) is 10.6. The predicted molar refractivity (Wildman–Crippen MR) is 118 cm³/mol. The lowest BCUT2D eigenvalue weighted by Gasteiger charge is -2.33. The van der Waals surface area contributed by atoms with E-state index >= 15 is 0 Å². The summed E-state index contributed by atoms with van der Waals surface area (Å²) in [4.78, 5) is 30.3. The summed E-state index contributed by atoms with van der Waals surface area (Å²) in [5, 5.41) is 12.4. The van der Waals surface area contributed by atoms with Crippen LogP contribution in [0.25, 0.3) is 0 Å². The van der Waals surface area contributed by atoms with Crippen LogP contribution in [0.2, 0.25) is 0 Å². The van der Waals surface area contributed by atoms with Crippen LogP contribution in [0.3, 0.4) is 0 Å². The van der Waals surface area contributed by atoms with Crippen molar-refractivity contribution < 1.29 is 19.6 Å².